The van der Waals surface area contributed by atoms with Crippen molar-refractivity contribution in [2.75, 3.05) is 26.3 Å². The molecule has 0 spiro atoms. The lowest BCUT2D eigenvalue weighted by Gasteiger charge is -2.15. The van der Waals surface area contributed by atoms with Gasteiger partial charge in [-0.2, -0.15) is 0 Å². The van der Waals surface area contributed by atoms with Crippen LogP contribution in [0.15, 0.2) is 12.7 Å². The van der Waals surface area contributed by atoms with Gasteiger partial charge in [0, 0.05) is 6.54 Å². The van der Waals surface area contributed by atoms with E-state index in [0.29, 0.717) is 19.5 Å². The van der Waals surface area contributed by atoms with Crippen molar-refractivity contribution in [3.8, 4) is 0 Å². The Morgan fingerprint density at radius 3 is 2.94 bits per heavy atom. The van der Waals surface area contributed by atoms with Crippen molar-refractivity contribution in [2.45, 2.75) is 12.5 Å². The van der Waals surface area contributed by atoms with Gasteiger partial charge in [0.1, 0.15) is 13.2 Å². The molecule has 1 saturated heterocycles. The van der Waals surface area contributed by atoms with E-state index in [1.54, 1.807) is 0 Å². The highest BCUT2D eigenvalue weighted by Crippen LogP contribution is 2.13. The Morgan fingerprint density at radius 1 is 1.56 bits per heavy atom. The zero-order valence-electron chi connectivity index (χ0n) is 8.92. The number of carbonyl (C=O) groups is 2. The normalized spacial score (nSPS) is 19.5. The summed E-state index contributed by atoms with van der Waals surface area (Å²) in [5.74, 6) is -1.01. The van der Waals surface area contributed by atoms with E-state index in [9.17, 15) is 9.59 Å². The van der Waals surface area contributed by atoms with Crippen LogP contribution >= 0.6 is 0 Å². The summed E-state index contributed by atoms with van der Waals surface area (Å²) in [5.41, 5.74) is 0. The first-order valence-electron chi connectivity index (χ1n) is 4.99. The highest BCUT2D eigenvalue weighted by Gasteiger charge is 2.27. The maximum atomic E-state index is 11.4. The highest BCUT2D eigenvalue weighted by molar-refractivity contribution is 5.68. The number of carboxylic acid groups (broad SMARTS) is 1. The minimum absolute atomic E-state index is 0.177. The highest BCUT2D eigenvalue weighted by atomic mass is 16.6. The number of carboxylic acids is 1. The van der Waals surface area contributed by atoms with E-state index in [4.69, 9.17) is 14.6 Å². The lowest BCUT2D eigenvalue weighted by Crippen LogP contribution is -2.31. The summed E-state index contributed by atoms with van der Waals surface area (Å²) in [6.07, 6.45) is 1.50. The summed E-state index contributed by atoms with van der Waals surface area (Å²) < 4.78 is 9.93. The van der Waals surface area contributed by atoms with Gasteiger partial charge >= 0.3 is 12.1 Å². The molecular formula is C10H15NO5. The molecule has 16 heavy (non-hydrogen) atoms. The molecule has 0 unspecified atom stereocenters. The van der Waals surface area contributed by atoms with Crippen LogP contribution in [0.3, 0.4) is 0 Å². The minimum atomic E-state index is -1.01. The van der Waals surface area contributed by atoms with Crippen molar-refractivity contribution >= 4 is 12.1 Å². The quantitative estimate of drug-likeness (QED) is 0.694. The van der Waals surface area contributed by atoms with Crippen LogP contribution in [0.25, 0.3) is 0 Å². The summed E-state index contributed by atoms with van der Waals surface area (Å²) in [4.78, 5) is 23.1. The monoisotopic (exact) mass is 229 g/mol. The molecule has 0 aromatic heterocycles. The van der Waals surface area contributed by atoms with E-state index in [1.807, 2.05) is 0 Å². The van der Waals surface area contributed by atoms with E-state index < -0.39 is 12.1 Å². The molecule has 0 aromatic rings. The molecule has 1 aliphatic heterocycles. The molecule has 0 bridgehead atoms. The van der Waals surface area contributed by atoms with Crippen LogP contribution in [0.2, 0.25) is 0 Å². The first-order valence-corrected chi connectivity index (χ1v) is 4.99. The molecule has 1 aliphatic rings. The van der Waals surface area contributed by atoms with Gasteiger partial charge in [-0.25, -0.2) is 9.59 Å². The third kappa shape index (κ3) is 3.90. The second-order valence-electron chi connectivity index (χ2n) is 3.43. The fraction of sp³-hybridized carbons (Fsp3) is 0.600. The second-order valence-corrected chi connectivity index (χ2v) is 3.43. The lowest BCUT2D eigenvalue weighted by molar-refractivity contribution is -0.144. The van der Waals surface area contributed by atoms with Crippen molar-refractivity contribution in [1.29, 1.82) is 0 Å². The van der Waals surface area contributed by atoms with Crippen LogP contribution in [0.5, 0.6) is 0 Å². The molecule has 0 aromatic carbocycles. The van der Waals surface area contributed by atoms with E-state index in [1.165, 1.54) is 11.0 Å². The second kappa shape index (κ2) is 6.12. The average molecular weight is 229 g/mol. The Labute approximate surface area is 93.4 Å². The summed E-state index contributed by atoms with van der Waals surface area (Å²) in [6.45, 7) is 4.19. The summed E-state index contributed by atoms with van der Waals surface area (Å²) in [6, 6.07) is 0. The van der Waals surface area contributed by atoms with E-state index in [2.05, 4.69) is 6.58 Å². The van der Waals surface area contributed by atoms with E-state index >= 15 is 0 Å². The van der Waals surface area contributed by atoms with Crippen LogP contribution in [-0.2, 0) is 14.3 Å². The van der Waals surface area contributed by atoms with Gasteiger partial charge in [0.2, 0.25) is 0 Å². The Hall–Kier alpha value is -1.56. The van der Waals surface area contributed by atoms with Crippen LogP contribution in [-0.4, -0.2) is 54.5 Å². The average Bonchev–Trinajstić information content (AvgIpc) is 2.71. The molecule has 1 N–H and O–H groups in total. The number of hydrogen-bond donors (Lipinski definition) is 1. The van der Waals surface area contributed by atoms with Crippen molar-refractivity contribution in [1.82, 2.24) is 4.90 Å². The van der Waals surface area contributed by atoms with Gasteiger partial charge in [0.05, 0.1) is 12.6 Å². The van der Waals surface area contributed by atoms with Gasteiger partial charge in [-0.3, -0.25) is 0 Å². The van der Waals surface area contributed by atoms with Gasteiger partial charge in [0.25, 0.3) is 0 Å². The summed E-state index contributed by atoms with van der Waals surface area (Å²) in [7, 11) is 0. The van der Waals surface area contributed by atoms with Crippen LogP contribution in [0.4, 0.5) is 4.79 Å². The van der Waals surface area contributed by atoms with Gasteiger partial charge in [-0.15, -0.1) is 0 Å². The van der Waals surface area contributed by atoms with Crippen molar-refractivity contribution < 1.29 is 24.2 Å². The number of nitrogens with zero attached hydrogens (tertiary/aromatic N) is 1. The topological polar surface area (TPSA) is 76.1 Å². The van der Waals surface area contributed by atoms with E-state index in [-0.39, 0.29) is 19.3 Å². The Morgan fingerprint density at radius 2 is 2.31 bits per heavy atom. The fourth-order valence-corrected chi connectivity index (χ4v) is 1.44. The number of rotatable bonds is 5. The standard InChI is InChI=1S/C10H15NO5/c1-2-5-15-10(14)11-4-3-8(6-11)16-7-9(12)13/h2,8H,1,3-7H2,(H,12,13)/t8-/m1/s1. The zero-order chi connectivity index (χ0) is 12.0. The molecule has 1 atom stereocenters. The number of ether oxygens (including phenoxy) is 2. The number of likely N-dealkylation sites (tertiary alicyclic amines) is 1. The van der Waals surface area contributed by atoms with Crippen molar-refractivity contribution in [2.24, 2.45) is 0 Å². The molecule has 1 rings (SSSR count). The first kappa shape index (κ1) is 12.5. The molecular weight excluding hydrogens is 214 g/mol. The predicted octanol–water partition coefficient (Wildman–Crippen LogP) is 0.485. The number of hydrogen-bond acceptors (Lipinski definition) is 4. The molecule has 0 radical (unpaired) electrons. The van der Waals surface area contributed by atoms with E-state index in [0.717, 1.165) is 0 Å². The Bertz CT molecular complexity index is 278. The molecule has 1 heterocycles. The SMILES string of the molecule is C=CCOC(=O)N1CC[C@@H](OCC(=O)O)C1. The van der Waals surface area contributed by atoms with Gasteiger partial charge in [-0.05, 0) is 6.42 Å². The third-order valence-corrected chi connectivity index (χ3v) is 2.17. The molecule has 6 heteroatoms. The van der Waals surface area contributed by atoms with Crippen LogP contribution in [0, 0.1) is 0 Å². The molecule has 0 saturated carbocycles. The fourth-order valence-electron chi connectivity index (χ4n) is 1.44. The Kier molecular flexibility index (Phi) is 4.78. The smallest absolute Gasteiger partial charge is 0.410 e. The van der Waals surface area contributed by atoms with Gasteiger partial charge in [-0.1, -0.05) is 12.7 Å². The number of amides is 1. The molecule has 90 valence electrons. The number of aliphatic carboxylic acids is 1. The van der Waals surface area contributed by atoms with Gasteiger partial charge in [0.15, 0.2) is 0 Å². The first-order chi connectivity index (χ1) is 7.63. The molecule has 1 amide bonds. The van der Waals surface area contributed by atoms with Crippen LogP contribution < -0.4 is 0 Å². The predicted molar refractivity (Wildman–Crippen MR) is 55.1 cm³/mol. The van der Waals surface area contributed by atoms with Crippen LogP contribution in [0.1, 0.15) is 6.42 Å². The van der Waals surface area contributed by atoms with Crippen molar-refractivity contribution in [3.63, 3.8) is 0 Å². The lowest BCUT2D eigenvalue weighted by atomic mass is 10.3. The van der Waals surface area contributed by atoms with Crippen molar-refractivity contribution in [3.05, 3.63) is 12.7 Å². The largest absolute Gasteiger partial charge is 0.480 e. The molecule has 6 nitrogen and oxygen atoms in total. The molecule has 1 fully saturated rings. The number of carbonyl (C=O) groups excluding carboxylic acids is 1. The summed E-state index contributed by atoms with van der Waals surface area (Å²) >= 11 is 0. The summed E-state index contributed by atoms with van der Waals surface area (Å²) in [5, 5.41) is 8.42. The Balaban J connectivity index is 2.26. The minimum Gasteiger partial charge on any atom is -0.480 e. The molecule has 0 aliphatic carbocycles. The maximum Gasteiger partial charge on any atom is 0.410 e. The maximum absolute atomic E-state index is 11.4. The zero-order valence-corrected chi connectivity index (χ0v) is 8.92. The van der Waals surface area contributed by atoms with Gasteiger partial charge < -0.3 is 19.5 Å². The third-order valence-electron chi connectivity index (χ3n) is 2.17.